The highest BCUT2D eigenvalue weighted by atomic mass is 32.1. The maximum atomic E-state index is 12.3. The van der Waals surface area contributed by atoms with Crippen molar-refractivity contribution in [3.8, 4) is 5.75 Å². The number of hydrogen-bond donors (Lipinski definition) is 1. The van der Waals surface area contributed by atoms with Crippen molar-refractivity contribution in [2.45, 2.75) is 20.8 Å². The molecular weight excluding hydrogens is 372 g/mol. The molecule has 0 unspecified atom stereocenters. The molecule has 0 saturated carbocycles. The molecule has 0 bridgehead atoms. The number of carbonyl (C=O) groups is 2. The van der Waals surface area contributed by atoms with Crippen LogP contribution >= 0.6 is 11.3 Å². The Bertz CT molecular complexity index is 1030. The second-order valence-corrected chi connectivity index (χ2v) is 7.23. The predicted molar refractivity (Wildman–Crippen MR) is 112 cm³/mol. The lowest BCUT2D eigenvalue weighted by Crippen LogP contribution is -2.24. The molecule has 28 heavy (non-hydrogen) atoms. The zero-order valence-electron chi connectivity index (χ0n) is 15.8. The Balaban J connectivity index is 1.86. The number of nitrogens with zero attached hydrogens (tertiary/aromatic N) is 2. The molecule has 6 heteroatoms. The summed E-state index contributed by atoms with van der Waals surface area (Å²) >= 11 is 1.35. The number of carbonyl (C=O) groups excluding carboxylic acids is 2. The lowest BCUT2D eigenvalue weighted by Gasteiger charge is -2.22. The van der Waals surface area contributed by atoms with Crippen molar-refractivity contribution in [1.29, 1.82) is 0 Å². The molecule has 5 nitrogen and oxygen atoms in total. The molecule has 0 fully saturated rings. The molecule has 0 aliphatic carbocycles. The molecule has 3 aromatic rings. The maximum Gasteiger partial charge on any atom is 0.230 e. The number of anilines is 2. The summed E-state index contributed by atoms with van der Waals surface area (Å²) in [6.07, 6.45) is 3.06. The molecule has 0 aliphatic rings. The number of rotatable bonds is 5. The van der Waals surface area contributed by atoms with Crippen LogP contribution in [0.3, 0.4) is 0 Å². The molecule has 0 saturated heterocycles. The third-order valence-electron chi connectivity index (χ3n) is 4.24. The summed E-state index contributed by atoms with van der Waals surface area (Å²) in [6.45, 7) is 5.43. The molecule has 142 valence electrons. The van der Waals surface area contributed by atoms with Crippen molar-refractivity contribution in [3.05, 3.63) is 76.3 Å². The number of aryl methyl sites for hydroxylation is 2. The average molecular weight is 392 g/mol. The summed E-state index contributed by atoms with van der Waals surface area (Å²) < 4.78 is 0. The molecule has 1 heterocycles. The second-order valence-electron chi connectivity index (χ2n) is 6.39. The fraction of sp³-hybridized carbons (Fsp3) is 0.136. The minimum atomic E-state index is -0.187. The Hall–Kier alpha value is -3.25. The minimum Gasteiger partial charge on any atom is -0.508 e. The maximum absolute atomic E-state index is 12.3. The third kappa shape index (κ3) is 4.18. The first-order valence-electron chi connectivity index (χ1n) is 8.70. The van der Waals surface area contributed by atoms with E-state index in [-0.39, 0.29) is 17.4 Å². The number of phenols is 1. The van der Waals surface area contributed by atoms with Gasteiger partial charge in [0.15, 0.2) is 10.9 Å². The van der Waals surface area contributed by atoms with Gasteiger partial charge in [-0.15, -0.1) is 11.3 Å². The fourth-order valence-corrected chi connectivity index (χ4v) is 3.73. The number of benzene rings is 2. The summed E-state index contributed by atoms with van der Waals surface area (Å²) in [5.41, 5.74) is 3.89. The van der Waals surface area contributed by atoms with Gasteiger partial charge < -0.3 is 5.11 Å². The largest absolute Gasteiger partial charge is 0.508 e. The number of ketones is 1. The first-order valence-corrected chi connectivity index (χ1v) is 9.58. The Kier molecular flexibility index (Phi) is 5.70. The van der Waals surface area contributed by atoms with Crippen LogP contribution in [0, 0.1) is 13.8 Å². The van der Waals surface area contributed by atoms with Gasteiger partial charge in [-0.05, 0) is 61.4 Å². The highest BCUT2D eigenvalue weighted by Gasteiger charge is 2.21. The highest BCUT2D eigenvalue weighted by molar-refractivity contribution is 7.14. The molecule has 0 atom stereocenters. The Morgan fingerprint density at radius 3 is 2.32 bits per heavy atom. The molecular formula is C22H20N2O3S. The number of thiazole rings is 1. The molecule has 3 rings (SSSR count). The van der Waals surface area contributed by atoms with Gasteiger partial charge >= 0.3 is 0 Å². The average Bonchev–Trinajstić information content (AvgIpc) is 3.11. The van der Waals surface area contributed by atoms with E-state index in [4.69, 9.17) is 0 Å². The van der Waals surface area contributed by atoms with Crippen LogP contribution in [0.2, 0.25) is 0 Å². The van der Waals surface area contributed by atoms with Gasteiger partial charge in [0.1, 0.15) is 5.75 Å². The normalized spacial score (nSPS) is 11.0. The number of hydrogen-bond acceptors (Lipinski definition) is 5. The number of allylic oxidation sites excluding steroid dienone is 1. The van der Waals surface area contributed by atoms with Gasteiger partial charge in [-0.2, -0.15) is 0 Å². The fourth-order valence-electron chi connectivity index (χ4n) is 2.88. The smallest absolute Gasteiger partial charge is 0.230 e. The highest BCUT2D eigenvalue weighted by Crippen LogP contribution is 2.33. The Morgan fingerprint density at radius 2 is 1.71 bits per heavy atom. The first-order chi connectivity index (χ1) is 13.4. The zero-order valence-corrected chi connectivity index (χ0v) is 16.7. The summed E-state index contributed by atoms with van der Waals surface area (Å²) in [5.74, 6) is -0.198. The van der Waals surface area contributed by atoms with Crippen molar-refractivity contribution in [2.75, 3.05) is 4.90 Å². The van der Waals surface area contributed by atoms with Gasteiger partial charge in [-0.1, -0.05) is 18.2 Å². The Labute approximate surface area is 167 Å². The van der Waals surface area contributed by atoms with E-state index in [9.17, 15) is 14.7 Å². The van der Waals surface area contributed by atoms with Crippen molar-refractivity contribution in [1.82, 2.24) is 4.98 Å². The number of para-hydroxylation sites is 1. The van der Waals surface area contributed by atoms with E-state index in [1.165, 1.54) is 36.5 Å². The quantitative estimate of drug-likeness (QED) is 0.487. The third-order valence-corrected chi connectivity index (χ3v) is 5.08. The van der Waals surface area contributed by atoms with Crippen LogP contribution in [0.1, 0.15) is 34.1 Å². The van der Waals surface area contributed by atoms with E-state index in [1.807, 2.05) is 32.0 Å². The van der Waals surface area contributed by atoms with E-state index < -0.39 is 0 Å². The number of phenolic OH excluding ortho intramolecular Hbond substituents is 1. The van der Waals surface area contributed by atoms with E-state index in [0.29, 0.717) is 16.4 Å². The van der Waals surface area contributed by atoms with E-state index >= 15 is 0 Å². The summed E-state index contributed by atoms with van der Waals surface area (Å²) in [5, 5.41) is 11.7. The molecule has 1 amide bonds. The zero-order chi connectivity index (χ0) is 20.3. The van der Waals surface area contributed by atoms with Crippen molar-refractivity contribution >= 4 is 39.9 Å². The topological polar surface area (TPSA) is 70.5 Å². The van der Waals surface area contributed by atoms with Crippen LogP contribution in [0.15, 0.2) is 53.9 Å². The molecule has 1 aromatic heterocycles. The minimum absolute atomic E-state index is 0.112. The number of amides is 1. The molecule has 0 spiro atoms. The van der Waals surface area contributed by atoms with Crippen molar-refractivity contribution < 1.29 is 14.7 Å². The van der Waals surface area contributed by atoms with Crippen molar-refractivity contribution in [2.24, 2.45) is 0 Å². The van der Waals surface area contributed by atoms with Crippen LogP contribution in [-0.4, -0.2) is 21.8 Å². The van der Waals surface area contributed by atoms with E-state index in [2.05, 4.69) is 4.98 Å². The molecule has 0 radical (unpaired) electrons. The first kappa shape index (κ1) is 19.5. The van der Waals surface area contributed by atoms with Gasteiger partial charge in [-0.3, -0.25) is 14.5 Å². The van der Waals surface area contributed by atoms with Gasteiger partial charge in [0.2, 0.25) is 5.91 Å². The predicted octanol–water partition coefficient (Wildman–Crippen LogP) is 5.05. The van der Waals surface area contributed by atoms with Crippen LogP contribution in [0.5, 0.6) is 5.75 Å². The number of aromatic hydroxyl groups is 1. The Morgan fingerprint density at radius 1 is 1.07 bits per heavy atom. The van der Waals surface area contributed by atoms with Crippen LogP contribution in [0.4, 0.5) is 10.8 Å². The standard InChI is InChI=1S/C22H20N2O3S/c1-14-5-4-6-15(2)21(14)24(16(3)25)22-23-18(13-28-22)9-12-20(27)17-7-10-19(26)11-8-17/h4-13,26H,1-3H3. The summed E-state index contributed by atoms with van der Waals surface area (Å²) in [4.78, 5) is 30.7. The van der Waals surface area contributed by atoms with Crippen molar-refractivity contribution in [3.63, 3.8) is 0 Å². The van der Waals surface area contributed by atoms with Crippen LogP contribution < -0.4 is 4.90 Å². The molecule has 2 aromatic carbocycles. The monoisotopic (exact) mass is 392 g/mol. The van der Waals surface area contributed by atoms with Crippen LogP contribution in [-0.2, 0) is 4.79 Å². The number of aromatic nitrogens is 1. The second kappa shape index (κ2) is 8.19. The van der Waals surface area contributed by atoms with Gasteiger partial charge in [0.05, 0.1) is 11.4 Å². The van der Waals surface area contributed by atoms with E-state index in [1.54, 1.807) is 28.5 Å². The van der Waals surface area contributed by atoms with Gasteiger partial charge in [0, 0.05) is 17.9 Å². The summed E-state index contributed by atoms with van der Waals surface area (Å²) in [7, 11) is 0. The van der Waals surface area contributed by atoms with Gasteiger partial charge in [0.25, 0.3) is 0 Å². The van der Waals surface area contributed by atoms with Gasteiger partial charge in [-0.25, -0.2) is 4.98 Å². The van der Waals surface area contributed by atoms with Crippen LogP contribution in [0.25, 0.3) is 6.08 Å². The molecule has 1 N–H and O–H groups in total. The lowest BCUT2D eigenvalue weighted by atomic mass is 10.1. The summed E-state index contributed by atoms with van der Waals surface area (Å²) in [6, 6.07) is 11.9. The lowest BCUT2D eigenvalue weighted by molar-refractivity contribution is -0.115. The van der Waals surface area contributed by atoms with E-state index in [0.717, 1.165) is 16.8 Å². The SMILES string of the molecule is CC(=O)N(c1nc(C=CC(=O)c2ccc(O)cc2)cs1)c1c(C)cccc1C. The molecule has 0 aliphatic heterocycles.